The molecule has 0 saturated heterocycles. The molecule has 2 aromatic carbocycles. The van der Waals surface area contributed by atoms with E-state index < -0.39 is 6.10 Å². The van der Waals surface area contributed by atoms with Gasteiger partial charge in [0.25, 0.3) is 5.91 Å². The molecule has 1 N–H and O–H groups in total. The van der Waals surface area contributed by atoms with E-state index in [0.29, 0.717) is 39.1 Å². The second-order valence-corrected chi connectivity index (χ2v) is 6.30. The summed E-state index contributed by atoms with van der Waals surface area (Å²) in [5, 5.41) is 2.79. The summed E-state index contributed by atoms with van der Waals surface area (Å²) in [5.74, 6) is -0.298. The lowest BCUT2D eigenvalue weighted by Gasteiger charge is -2.12. The van der Waals surface area contributed by atoms with Gasteiger partial charge in [-0.15, -0.1) is 0 Å². The Morgan fingerprint density at radius 1 is 1.36 bits per heavy atom. The van der Waals surface area contributed by atoms with Crippen LogP contribution in [0.2, 0.25) is 0 Å². The molecule has 1 heterocycles. The predicted octanol–water partition coefficient (Wildman–Crippen LogP) is 4.76. The Morgan fingerprint density at radius 3 is 2.88 bits per heavy atom. The van der Waals surface area contributed by atoms with Crippen molar-refractivity contribution in [2.24, 2.45) is 0 Å². The predicted molar refractivity (Wildman–Crippen MR) is 96.8 cm³/mol. The van der Waals surface area contributed by atoms with Crippen molar-refractivity contribution in [2.75, 3.05) is 12.4 Å². The quantitative estimate of drug-likeness (QED) is 0.663. The molecule has 1 atom stereocenters. The summed E-state index contributed by atoms with van der Waals surface area (Å²) in [7, 11) is 1.50. The summed E-state index contributed by atoms with van der Waals surface area (Å²) in [6.45, 7) is 1.87. The van der Waals surface area contributed by atoms with Gasteiger partial charge in [0.2, 0.25) is 5.89 Å². The standard InChI is InChI=1S/C18H16BrFN2O3/c1-3-15(24-2)17(23)21-11-5-7-16-14(9-11)22-18(25-16)12-8-10(20)4-6-13(12)19/h4-9,15H,3H2,1-2H3,(H,21,23)/t15-/m0/s1. The van der Waals surface area contributed by atoms with Crippen molar-refractivity contribution in [1.29, 1.82) is 0 Å². The van der Waals surface area contributed by atoms with Crippen LogP contribution in [0, 0.1) is 5.82 Å². The first-order valence-electron chi connectivity index (χ1n) is 7.71. The average molecular weight is 407 g/mol. The third-order valence-corrected chi connectivity index (χ3v) is 4.45. The molecule has 0 radical (unpaired) electrons. The number of nitrogens with zero attached hydrogens (tertiary/aromatic N) is 1. The highest BCUT2D eigenvalue weighted by atomic mass is 79.9. The van der Waals surface area contributed by atoms with E-state index in [-0.39, 0.29) is 11.7 Å². The van der Waals surface area contributed by atoms with Crippen molar-refractivity contribution < 1.29 is 18.3 Å². The topological polar surface area (TPSA) is 64.4 Å². The second-order valence-electron chi connectivity index (χ2n) is 5.45. The Balaban J connectivity index is 1.92. The first-order chi connectivity index (χ1) is 12.0. The van der Waals surface area contributed by atoms with E-state index in [9.17, 15) is 9.18 Å². The number of amides is 1. The fraction of sp³-hybridized carbons (Fsp3) is 0.222. The Kier molecular flexibility index (Phi) is 5.15. The first kappa shape index (κ1) is 17.6. The minimum Gasteiger partial charge on any atom is -0.436 e. The lowest BCUT2D eigenvalue weighted by Crippen LogP contribution is -2.28. The van der Waals surface area contributed by atoms with Crippen LogP contribution in [0.3, 0.4) is 0 Å². The van der Waals surface area contributed by atoms with Crippen LogP contribution >= 0.6 is 15.9 Å². The van der Waals surface area contributed by atoms with Gasteiger partial charge in [-0.05, 0) is 58.7 Å². The van der Waals surface area contributed by atoms with Gasteiger partial charge in [-0.25, -0.2) is 9.37 Å². The molecule has 3 aromatic rings. The Hall–Kier alpha value is -2.25. The van der Waals surface area contributed by atoms with Crippen molar-refractivity contribution in [1.82, 2.24) is 4.98 Å². The molecule has 0 fully saturated rings. The molecule has 0 aliphatic heterocycles. The van der Waals surface area contributed by atoms with Crippen LogP contribution in [-0.2, 0) is 9.53 Å². The number of methoxy groups -OCH3 is 1. The number of hydrogen-bond donors (Lipinski definition) is 1. The molecule has 1 aromatic heterocycles. The monoisotopic (exact) mass is 406 g/mol. The van der Waals surface area contributed by atoms with E-state index in [1.807, 2.05) is 6.92 Å². The zero-order chi connectivity index (χ0) is 18.0. The maximum Gasteiger partial charge on any atom is 0.253 e. The number of carbonyl (C=O) groups is 1. The van der Waals surface area contributed by atoms with Crippen LogP contribution in [-0.4, -0.2) is 24.1 Å². The molecule has 130 valence electrons. The lowest BCUT2D eigenvalue weighted by atomic mass is 10.2. The van der Waals surface area contributed by atoms with Crippen molar-refractivity contribution in [2.45, 2.75) is 19.4 Å². The Morgan fingerprint density at radius 2 is 2.16 bits per heavy atom. The van der Waals surface area contributed by atoms with Crippen molar-refractivity contribution in [3.63, 3.8) is 0 Å². The average Bonchev–Trinajstić information content (AvgIpc) is 3.01. The van der Waals surface area contributed by atoms with Crippen LogP contribution in [0.1, 0.15) is 13.3 Å². The molecule has 0 aliphatic carbocycles. The number of benzene rings is 2. The van der Waals surface area contributed by atoms with Crippen LogP contribution in [0.25, 0.3) is 22.6 Å². The normalized spacial score (nSPS) is 12.3. The van der Waals surface area contributed by atoms with Gasteiger partial charge >= 0.3 is 0 Å². The molecule has 0 unspecified atom stereocenters. The van der Waals surface area contributed by atoms with Crippen LogP contribution < -0.4 is 5.32 Å². The largest absolute Gasteiger partial charge is 0.436 e. The number of aromatic nitrogens is 1. The van der Waals surface area contributed by atoms with Crippen molar-refractivity contribution >= 4 is 38.6 Å². The highest BCUT2D eigenvalue weighted by Crippen LogP contribution is 2.31. The number of anilines is 1. The molecular weight excluding hydrogens is 391 g/mol. The van der Waals surface area contributed by atoms with E-state index >= 15 is 0 Å². The fourth-order valence-corrected chi connectivity index (χ4v) is 2.88. The summed E-state index contributed by atoms with van der Waals surface area (Å²) in [4.78, 5) is 16.5. The lowest BCUT2D eigenvalue weighted by molar-refractivity contribution is -0.125. The van der Waals surface area contributed by atoms with Gasteiger partial charge < -0.3 is 14.5 Å². The number of rotatable bonds is 5. The summed E-state index contributed by atoms with van der Waals surface area (Å²) < 4.78 is 25.0. The minimum absolute atomic E-state index is 0.221. The molecule has 5 nitrogen and oxygen atoms in total. The molecule has 7 heteroatoms. The van der Waals surface area contributed by atoms with Crippen LogP contribution in [0.4, 0.5) is 10.1 Å². The van der Waals surface area contributed by atoms with E-state index in [1.54, 1.807) is 24.3 Å². The SMILES string of the molecule is CC[C@H](OC)C(=O)Nc1ccc2oc(-c3cc(F)ccc3Br)nc2c1. The van der Waals surface area contributed by atoms with Gasteiger partial charge in [-0.3, -0.25) is 4.79 Å². The Bertz CT molecular complexity index is 922. The number of carbonyl (C=O) groups excluding carboxylic acids is 1. The zero-order valence-corrected chi connectivity index (χ0v) is 15.3. The molecule has 0 spiro atoms. The Labute approximate surface area is 152 Å². The number of hydrogen-bond acceptors (Lipinski definition) is 4. The molecule has 25 heavy (non-hydrogen) atoms. The maximum atomic E-state index is 13.5. The highest BCUT2D eigenvalue weighted by molar-refractivity contribution is 9.10. The maximum absolute atomic E-state index is 13.5. The number of oxazole rings is 1. The third kappa shape index (κ3) is 3.72. The van der Waals surface area contributed by atoms with Crippen molar-refractivity contribution in [3.8, 4) is 11.5 Å². The number of nitrogens with one attached hydrogen (secondary N) is 1. The summed E-state index contributed by atoms with van der Waals surface area (Å²) in [5.41, 5.74) is 2.22. The van der Waals surface area contributed by atoms with Gasteiger partial charge in [0.05, 0.1) is 5.56 Å². The molecule has 0 aliphatic rings. The van der Waals surface area contributed by atoms with Crippen LogP contribution in [0.5, 0.6) is 0 Å². The van der Waals surface area contributed by atoms with E-state index in [1.165, 1.54) is 19.2 Å². The molecular formula is C18H16BrFN2O3. The van der Waals surface area contributed by atoms with Gasteiger partial charge in [0.15, 0.2) is 5.58 Å². The second kappa shape index (κ2) is 7.33. The van der Waals surface area contributed by atoms with E-state index in [2.05, 4.69) is 26.2 Å². The van der Waals surface area contributed by atoms with Gasteiger partial charge in [-0.2, -0.15) is 0 Å². The molecule has 3 rings (SSSR count). The minimum atomic E-state index is -0.508. The zero-order valence-electron chi connectivity index (χ0n) is 13.7. The summed E-state index contributed by atoms with van der Waals surface area (Å²) >= 11 is 3.37. The number of fused-ring (bicyclic) bond motifs is 1. The van der Waals surface area contributed by atoms with Gasteiger partial charge in [0, 0.05) is 17.3 Å². The molecule has 0 bridgehead atoms. The highest BCUT2D eigenvalue weighted by Gasteiger charge is 2.17. The van der Waals surface area contributed by atoms with Gasteiger partial charge in [0.1, 0.15) is 17.4 Å². The molecule has 1 amide bonds. The fourth-order valence-electron chi connectivity index (χ4n) is 2.46. The van der Waals surface area contributed by atoms with Crippen molar-refractivity contribution in [3.05, 3.63) is 46.7 Å². The van der Waals surface area contributed by atoms with E-state index in [0.717, 1.165) is 0 Å². The third-order valence-electron chi connectivity index (χ3n) is 3.76. The number of halogens is 2. The molecule has 0 saturated carbocycles. The number of ether oxygens (including phenoxy) is 1. The van der Waals surface area contributed by atoms with E-state index in [4.69, 9.17) is 9.15 Å². The summed E-state index contributed by atoms with van der Waals surface area (Å²) in [6, 6.07) is 9.43. The first-order valence-corrected chi connectivity index (χ1v) is 8.50. The smallest absolute Gasteiger partial charge is 0.253 e. The van der Waals surface area contributed by atoms with Gasteiger partial charge in [-0.1, -0.05) is 6.92 Å². The summed E-state index contributed by atoms with van der Waals surface area (Å²) in [6.07, 6.45) is 0.0681. The van der Waals surface area contributed by atoms with Crippen LogP contribution in [0.15, 0.2) is 45.3 Å².